The van der Waals surface area contributed by atoms with Gasteiger partial charge in [-0.2, -0.15) is 0 Å². The summed E-state index contributed by atoms with van der Waals surface area (Å²) in [6.07, 6.45) is 0.976. The molecule has 0 aliphatic rings. The van der Waals surface area contributed by atoms with E-state index in [0.717, 1.165) is 5.56 Å². The largest absolute Gasteiger partial charge is 0.469 e. The summed E-state index contributed by atoms with van der Waals surface area (Å²) in [6, 6.07) is 5.35. The van der Waals surface area contributed by atoms with Crippen molar-refractivity contribution in [2.24, 2.45) is 0 Å². The number of ether oxygens (including phenoxy) is 1. The average Bonchev–Trinajstić information content (AvgIpc) is 2.19. The number of hydrogen-bond acceptors (Lipinski definition) is 3. The van der Waals surface area contributed by atoms with Crippen molar-refractivity contribution in [1.82, 2.24) is 0 Å². The number of methoxy groups -OCH3 is 1. The second kappa shape index (κ2) is 4.86. The van der Waals surface area contributed by atoms with Crippen LogP contribution in [-0.2, 0) is 16.0 Å². The van der Waals surface area contributed by atoms with E-state index in [0.29, 0.717) is 23.6 Å². The van der Waals surface area contributed by atoms with Gasteiger partial charge in [-0.3, -0.25) is 4.79 Å². The van der Waals surface area contributed by atoms with Crippen LogP contribution in [-0.4, -0.2) is 13.1 Å². The van der Waals surface area contributed by atoms with Gasteiger partial charge < -0.3 is 10.5 Å². The number of benzene rings is 1. The van der Waals surface area contributed by atoms with Crippen LogP contribution in [0.2, 0.25) is 5.02 Å². The van der Waals surface area contributed by atoms with Gasteiger partial charge in [0.15, 0.2) is 0 Å². The molecule has 0 aromatic heterocycles. The Hall–Kier alpha value is -1.22. The number of anilines is 1. The second-order valence-corrected chi connectivity index (χ2v) is 3.34. The first-order valence-electron chi connectivity index (χ1n) is 4.24. The van der Waals surface area contributed by atoms with Crippen LogP contribution in [0.3, 0.4) is 0 Å². The molecule has 2 N–H and O–H groups in total. The zero-order valence-corrected chi connectivity index (χ0v) is 8.67. The second-order valence-electron chi connectivity index (χ2n) is 2.93. The monoisotopic (exact) mass is 213 g/mol. The molecule has 14 heavy (non-hydrogen) atoms. The molecule has 0 heterocycles. The molecule has 0 aliphatic heterocycles. The van der Waals surface area contributed by atoms with E-state index in [9.17, 15) is 4.79 Å². The molecular weight excluding hydrogens is 202 g/mol. The topological polar surface area (TPSA) is 52.3 Å². The highest BCUT2D eigenvalue weighted by atomic mass is 35.5. The van der Waals surface area contributed by atoms with Gasteiger partial charge in [0.25, 0.3) is 0 Å². The number of hydrogen-bond donors (Lipinski definition) is 1. The lowest BCUT2D eigenvalue weighted by molar-refractivity contribution is -0.140. The number of aryl methyl sites for hydroxylation is 1. The lowest BCUT2D eigenvalue weighted by Gasteiger charge is -2.02. The van der Waals surface area contributed by atoms with Crippen molar-refractivity contribution in [3.63, 3.8) is 0 Å². The van der Waals surface area contributed by atoms with Crippen LogP contribution < -0.4 is 5.73 Å². The van der Waals surface area contributed by atoms with Crippen LogP contribution in [0.15, 0.2) is 18.2 Å². The molecule has 0 radical (unpaired) electrons. The molecule has 0 saturated heterocycles. The fourth-order valence-corrected chi connectivity index (χ4v) is 1.28. The molecule has 0 unspecified atom stereocenters. The quantitative estimate of drug-likeness (QED) is 0.618. The Morgan fingerprint density at radius 2 is 2.29 bits per heavy atom. The minimum Gasteiger partial charge on any atom is -0.469 e. The highest BCUT2D eigenvalue weighted by Gasteiger charge is 2.03. The Labute approximate surface area is 87.8 Å². The summed E-state index contributed by atoms with van der Waals surface area (Å²) >= 11 is 5.82. The molecule has 1 aromatic carbocycles. The van der Waals surface area contributed by atoms with Crippen LogP contribution >= 0.6 is 11.6 Å². The molecule has 0 spiro atoms. The van der Waals surface area contributed by atoms with Gasteiger partial charge in [0.1, 0.15) is 0 Å². The van der Waals surface area contributed by atoms with Crippen molar-refractivity contribution in [3.8, 4) is 0 Å². The van der Waals surface area contributed by atoms with E-state index in [2.05, 4.69) is 4.74 Å². The number of carbonyl (C=O) groups excluding carboxylic acids is 1. The Bertz CT molecular complexity index is 339. The minimum absolute atomic E-state index is 0.224. The highest BCUT2D eigenvalue weighted by Crippen LogP contribution is 2.20. The molecule has 0 bridgehead atoms. The van der Waals surface area contributed by atoms with E-state index in [1.54, 1.807) is 12.1 Å². The predicted molar refractivity (Wildman–Crippen MR) is 56.2 cm³/mol. The fraction of sp³-hybridized carbons (Fsp3) is 0.300. The molecule has 76 valence electrons. The molecule has 0 aliphatic carbocycles. The Balaban J connectivity index is 2.60. The van der Waals surface area contributed by atoms with Gasteiger partial charge in [0, 0.05) is 6.42 Å². The van der Waals surface area contributed by atoms with E-state index < -0.39 is 0 Å². The molecule has 1 aromatic rings. The SMILES string of the molecule is COC(=O)CCc1ccc(N)c(Cl)c1. The van der Waals surface area contributed by atoms with Gasteiger partial charge in [-0.25, -0.2) is 0 Å². The van der Waals surface area contributed by atoms with E-state index in [1.165, 1.54) is 7.11 Å². The Morgan fingerprint density at radius 1 is 1.57 bits per heavy atom. The number of nitrogens with two attached hydrogens (primary N) is 1. The molecule has 1 rings (SSSR count). The lowest BCUT2D eigenvalue weighted by Crippen LogP contribution is -2.02. The number of halogens is 1. The van der Waals surface area contributed by atoms with E-state index in [-0.39, 0.29) is 5.97 Å². The normalized spacial score (nSPS) is 9.86. The van der Waals surface area contributed by atoms with Crippen molar-refractivity contribution < 1.29 is 9.53 Å². The van der Waals surface area contributed by atoms with E-state index in [4.69, 9.17) is 17.3 Å². The van der Waals surface area contributed by atoms with Gasteiger partial charge in [0.05, 0.1) is 17.8 Å². The van der Waals surface area contributed by atoms with Crippen molar-refractivity contribution in [3.05, 3.63) is 28.8 Å². The number of carbonyl (C=O) groups is 1. The Kier molecular flexibility index (Phi) is 3.77. The maximum Gasteiger partial charge on any atom is 0.305 e. The summed E-state index contributed by atoms with van der Waals surface area (Å²) < 4.78 is 4.53. The first kappa shape index (κ1) is 10.9. The van der Waals surface area contributed by atoms with Crippen LogP contribution in [0.1, 0.15) is 12.0 Å². The first-order chi connectivity index (χ1) is 6.63. The van der Waals surface area contributed by atoms with Gasteiger partial charge in [-0.1, -0.05) is 17.7 Å². The average molecular weight is 214 g/mol. The third-order valence-electron chi connectivity index (χ3n) is 1.91. The van der Waals surface area contributed by atoms with Crippen molar-refractivity contribution in [2.75, 3.05) is 12.8 Å². The smallest absolute Gasteiger partial charge is 0.305 e. The standard InChI is InChI=1S/C10H12ClNO2/c1-14-10(13)5-3-7-2-4-9(12)8(11)6-7/h2,4,6H,3,5,12H2,1H3. The third-order valence-corrected chi connectivity index (χ3v) is 2.24. The molecule has 0 fully saturated rings. The molecule has 0 amide bonds. The maximum absolute atomic E-state index is 10.9. The Morgan fingerprint density at radius 3 is 2.86 bits per heavy atom. The summed E-state index contributed by atoms with van der Waals surface area (Å²) in [4.78, 5) is 10.9. The highest BCUT2D eigenvalue weighted by molar-refractivity contribution is 6.33. The predicted octanol–water partition coefficient (Wildman–Crippen LogP) is 2.03. The van der Waals surface area contributed by atoms with Crippen molar-refractivity contribution in [1.29, 1.82) is 0 Å². The van der Waals surface area contributed by atoms with Crippen LogP contribution in [0, 0.1) is 0 Å². The van der Waals surface area contributed by atoms with Gasteiger partial charge in [0.2, 0.25) is 0 Å². The zero-order valence-electron chi connectivity index (χ0n) is 7.92. The van der Waals surface area contributed by atoms with Crippen LogP contribution in [0.25, 0.3) is 0 Å². The molecule has 4 heteroatoms. The first-order valence-corrected chi connectivity index (χ1v) is 4.62. The van der Waals surface area contributed by atoms with Gasteiger partial charge in [-0.15, -0.1) is 0 Å². The molecule has 3 nitrogen and oxygen atoms in total. The fourth-order valence-electron chi connectivity index (χ4n) is 1.07. The molecule has 0 saturated carbocycles. The van der Waals surface area contributed by atoms with E-state index in [1.807, 2.05) is 6.07 Å². The summed E-state index contributed by atoms with van der Waals surface area (Å²) in [5.41, 5.74) is 7.08. The van der Waals surface area contributed by atoms with Gasteiger partial charge in [-0.05, 0) is 24.1 Å². The van der Waals surface area contributed by atoms with Crippen molar-refractivity contribution in [2.45, 2.75) is 12.8 Å². The maximum atomic E-state index is 10.9. The zero-order chi connectivity index (χ0) is 10.6. The lowest BCUT2D eigenvalue weighted by atomic mass is 10.1. The third kappa shape index (κ3) is 2.92. The number of rotatable bonds is 3. The number of esters is 1. The van der Waals surface area contributed by atoms with E-state index >= 15 is 0 Å². The van der Waals surface area contributed by atoms with Crippen molar-refractivity contribution >= 4 is 23.3 Å². The molecule has 0 atom stereocenters. The van der Waals surface area contributed by atoms with Gasteiger partial charge >= 0.3 is 5.97 Å². The summed E-state index contributed by atoms with van der Waals surface area (Å²) in [5.74, 6) is -0.224. The summed E-state index contributed by atoms with van der Waals surface area (Å²) in [6.45, 7) is 0. The van der Waals surface area contributed by atoms with Crippen LogP contribution in [0.5, 0.6) is 0 Å². The summed E-state index contributed by atoms with van der Waals surface area (Å²) in [5, 5.41) is 0.521. The van der Waals surface area contributed by atoms with Crippen LogP contribution in [0.4, 0.5) is 5.69 Å². The molecular formula is C10H12ClNO2. The number of nitrogen functional groups attached to an aromatic ring is 1. The summed E-state index contributed by atoms with van der Waals surface area (Å²) in [7, 11) is 1.37. The minimum atomic E-state index is -0.224.